The van der Waals surface area contributed by atoms with Crippen molar-refractivity contribution in [2.24, 2.45) is 0 Å². The number of halogens is 1. The molecule has 21 heavy (non-hydrogen) atoms. The van der Waals surface area contributed by atoms with E-state index in [9.17, 15) is 13.2 Å². The van der Waals surface area contributed by atoms with E-state index in [0.29, 0.717) is 18.1 Å². The number of rotatable bonds is 4. The topological polar surface area (TPSA) is 66.5 Å². The van der Waals surface area contributed by atoms with Crippen molar-refractivity contribution in [3.63, 3.8) is 0 Å². The van der Waals surface area contributed by atoms with Crippen LogP contribution in [0.5, 0.6) is 0 Å². The summed E-state index contributed by atoms with van der Waals surface area (Å²) in [6.07, 6.45) is 3.07. The number of likely N-dealkylation sites (tertiary alicyclic amines) is 1. The predicted octanol–water partition coefficient (Wildman–Crippen LogP) is 2.02. The van der Waals surface area contributed by atoms with Gasteiger partial charge >= 0.3 is 0 Å². The first-order valence-corrected chi connectivity index (χ1v) is 8.83. The minimum absolute atomic E-state index is 0.102. The number of nitrogens with one attached hydrogen (secondary N) is 1. The molecule has 5 nitrogen and oxygen atoms in total. The van der Waals surface area contributed by atoms with Crippen molar-refractivity contribution < 1.29 is 13.2 Å². The Kier molecular flexibility index (Phi) is 5.24. The Morgan fingerprint density at radius 2 is 1.76 bits per heavy atom. The van der Waals surface area contributed by atoms with Crippen LogP contribution in [0, 0.1) is 0 Å². The maximum atomic E-state index is 12.2. The molecule has 7 heteroatoms. The zero-order valence-electron chi connectivity index (χ0n) is 11.9. The first kappa shape index (κ1) is 16.3. The summed E-state index contributed by atoms with van der Waals surface area (Å²) < 4.78 is 26.9. The average Bonchev–Trinajstić information content (AvgIpc) is 2.47. The van der Waals surface area contributed by atoms with Gasteiger partial charge in [0.2, 0.25) is 15.9 Å². The second-order valence-electron chi connectivity index (χ2n) is 5.18. The van der Waals surface area contributed by atoms with Crippen molar-refractivity contribution in [2.45, 2.75) is 37.1 Å². The van der Waals surface area contributed by atoms with Gasteiger partial charge in [-0.1, -0.05) is 11.6 Å². The van der Waals surface area contributed by atoms with Crippen LogP contribution in [0.2, 0.25) is 5.02 Å². The molecule has 0 aliphatic carbocycles. The quantitative estimate of drug-likeness (QED) is 0.918. The first-order chi connectivity index (χ1) is 9.90. The summed E-state index contributed by atoms with van der Waals surface area (Å²) in [5, 5.41) is 0.464. The normalized spacial score (nSPS) is 17.5. The molecule has 1 atom stereocenters. The van der Waals surface area contributed by atoms with Crippen LogP contribution >= 0.6 is 11.6 Å². The molecule has 0 aromatic heterocycles. The summed E-state index contributed by atoms with van der Waals surface area (Å²) in [7, 11) is -3.72. The Morgan fingerprint density at radius 1 is 1.19 bits per heavy atom. The third kappa shape index (κ3) is 4.18. The molecule has 1 amide bonds. The molecule has 1 N–H and O–H groups in total. The number of sulfonamides is 1. The number of hydrogen-bond acceptors (Lipinski definition) is 3. The van der Waals surface area contributed by atoms with E-state index >= 15 is 0 Å². The van der Waals surface area contributed by atoms with Crippen LogP contribution in [-0.4, -0.2) is 38.4 Å². The summed E-state index contributed by atoms with van der Waals surface area (Å²) in [6, 6.07) is 5.08. The highest BCUT2D eigenvalue weighted by Gasteiger charge is 2.26. The smallest absolute Gasteiger partial charge is 0.241 e. The van der Waals surface area contributed by atoms with Crippen molar-refractivity contribution in [1.82, 2.24) is 9.62 Å². The zero-order chi connectivity index (χ0) is 15.5. The van der Waals surface area contributed by atoms with Crippen LogP contribution < -0.4 is 4.72 Å². The molecule has 1 fully saturated rings. The van der Waals surface area contributed by atoms with Crippen molar-refractivity contribution in [2.75, 3.05) is 13.1 Å². The maximum absolute atomic E-state index is 12.2. The standard InChI is InChI=1S/C14H19ClN2O3S/c1-11(14(18)17-9-3-2-4-10-17)16-21(19,20)13-7-5-12(15)6-8-13/h5-8,11,16H,2-4,9-10H2,1H3/t11-/m0/s1. The first-order valence-electron chi connectivity index (χ1n) is 6.97. The summed E-state index contributed by atoms with van der Waals surface area (Å²) in [6.45, 7) is 2.97. The Balaban J connectivity index is 2.05. The van der Waals surface area contributed by atoms with Gasteiger partial charge in [-0.2, -0.15) is 4.72 Å². The highest BCUT2D eigenvalue weighted by molar-refractivity contribution is 7.89. The van der Waals surface area contributed by atoms with Gasteiger partial charge < -0.3 is 4.90 Å². The Bertz CT molecular complexity index is 595. The van der Waals surface area contributed by atoms with Crippen molar-refractivity contribution >= 4 is 27.5 Å². The lowest BCUT2D eigenvalue weighted by molar-refractivity contribution is -0.133. The van der Waals surface area contributed by atoms with E-state index in [1.807, 2.05) is 0 Å². The Hall–Kier alpha value is -1.11. The van der Waals surface area contributed by atoms with Gasteiger partial charge in [-0.15, -0.1) is 0 Å². The number of hydrogen-bond donors (Lipinski definition) is 1. The third-order valence-electron chi connectivity index (χ3n) is 3.49. The van der Waals surface area contributed by atoms with E-state index in [0.717, 1.165) is 19.3 Å². The monoisotopic (exact) mass is 330 g/mol. The molecule has 1 heterocycles. The third-order valence-corrected chi connectivity index (χ3v) is 5.30. The molecule has 1 aromatic carbocycles. The molecule has 2 rings (SSSR count). The number of amides is 1. The van der Waals surface area contributed by atoms with Crippen molar-refractivity contribution in [3.8, 4) is 0 Å². The summed E-state index contributed by atoms with van der Waals surface area (Å²) in [4.78, 5) is 14.1. The highest BCUT2D eigenvalue weighted by atomic mass is 35.5. The number of piperidine rings is 1. The van der Waals surface area contributed by atoms with E-state index in [2.05, 4.69) is 4.72 Å². The second kappa shape index (κ2) is 6.77. The van der Waals surface area contributed by atoms with E-state index in [1.165, 1.54) is 24.3 Å². The molecule has 0 bridgehead atoms. The van der Waals surface area contributed by atoms with Gasteiger partial charge in [0.05, 0.1) is 10.9 Å². The second-order valence-corrected chi connectivity index (χ2v) is 7.33. The van der Waals surface area contributed by atoms with E-state index in [-0.39, 0.29) is 10.8 Å². The van der Waals surface area contributed by atoms with Gasteiger partial charge in [0.25, 0.3) is 0 Å². The number of benzene rings is 1. The van der Waals surface area contributed by atoms with Crippen LogP contribution in [0.3, 0.4) is 0 Å². The molecule has 116 valence electrons. The van der Waals surface area contributed by atoms with E-state index in [1.54, 1.807) is 11.8 Å². The molecule has 1 aliphatic heterocycles. The maximum Gasteiger partial charge on any atom is 0.241 e. The van der Waals surface area contributed by atoms with Gasteiger partial charge in [0, 0.05) is 18.1 Å². The fourth-order valence-corrected chi connectivity index (χ4v) is 3.68. The fourth-order valence-electron chi connectivity index (χ4n) is 2.35. The van der Waals surface area contributed by atoms with Gasteiger partial charge in [0.15, 0.2) is 0 Å². The van der Waals surface area contributed by atoms with Crippen LogP contribution in [0.25, 0.3) is 0 Å². The number of carbonyl (C=O) groups is 1. The molecule has 0 saturated carbocycles. The summed E-state index contributed by atoms with van der Waals surface area (Å²) >= 11 is 5.74. The van der Waals surface area contributed by atoms with Crippen LogP contribution in [-0.2, 0) is 14.8 Å². The van der Waals surface area contributed by atoms with Gasteiger partial charge in [-0.3, -0.25) is 4.79 Å². The van der Waals surface area contributed by atoms with Crippen molar-refractivity contribution in [1.29, 1.82) is 0 Å². The van der Waals surface area contributed by atoms with E-state index < -0.39 is 16.1 Å². The molecule has 1 aromatic rings. The van der Waals surface area contributed by atoms with Crippen LogP contribution in [0.15, 0.2) is 29.2 Å². The molecular formula is C14H19ClN2O3S. The molecule has 0 spiro atoms. The lowest BCUT2D eigenvalue weighted by atomic mass is 10.1. The largest absolute Gasteiger partial charge is 0.341 e. The van der Waals surface area contributed by atoms with E-state index in [4.69, 9.17) is 11.6 Å². The molecule has 1 aliphatic rings. The fraction of sp³-hybridized carbons (Fsp3) is 0.500. The molecule has 1 saturated heterocycles. The minimum atomic E-state index is -3.72. The van der Waals surface area contributed by atoms with Gasteiger partial charge in [-0.25, -0.2) is 8.42 Å². The minimum Gasteiger partial charge on any atom is -0.341 e. The predicted molar refractivity (Wildman–Crippen MR) is 81.7 cm³/mol. The van der Waals surface area contributed by atoms with Gasteiger partial charge in [0.1, 0.15) is 0 Å². The molecule has 0 radical (unpaired) electrons. The zero-order valence-corrected chi connectivity index (χ0v) is 13.5. The highest BCUT2D eigenvalue weighted by Crippen LogP contribution is 2.15. The Labute approximate surface area is 130 Å². The number of carbonyl (C=O) groups excluding carboxylic acids is 1. The van der Waals surface area contributed by atoms with Crippen molar-refractivity contribution in [3.05, 3.63) is 29.3 Å². The van der Waals surface area contributed by atoms with Gasteiger partial charge in [-0.05, 0) is 50.5 Å². The molecular weight excluding hydrogens is 312 g/mol. The lowest BCUT2D eigenvalue weighted by Crippen LogP contribution is -2.48. The average molecular weight is 331 g/mol. The van der Waals surface area contributed by atoms with Crippen LogP contribution in [0.4, 0.5) is 0 Å². The lowest BCUT2D eigenvalue weighted by Gasteiger charge is -2.29. The summed E-state index contributed by atoms with van der Waals surface area (Å²) in [5.74, 6) is -0.174. The SMILES string of the molecule is C[C@H](NS(=O)(=O)c1ccc(Cl)cc1)C(=O)N1CCCCC1. The molecule has 0 unspecified atom stereocenters. The summed E-state index contributed by atoms with van der Waals surface area (Å²) in [5.41, 5.74) is 0. The number of nitrogens with zero attached hydrogens (tertiary/aromatic N) is 1. The Morgan fingerprint density at radius 3 is 2.33 bits per heavy atom. The van der Waals surface area contributed by atoms with Crippen LogP contribution in [0.1, 0.15) is 26.2 Å².